The smallest absolute Gasteiger partial charge is 0.254 e. The van der Waals surface area contributed by atoms with E-state index in [4.69, 9.17) is 5.26 Å². The molecule has 3 aromatic rings. The summed E-state index contributed by atoms with van der Waals surface area (Å²) in [5, 5.41) is 16.7. The molecule has 27 heavy (non-hydrogen) atoms. The van der Waals surface area contributed by atoms with Crippen LogP contribution >= 0.6 is 0 Å². The lowest BCUT2D eigenvalue weighted by Gasteiger charge is -2.14. The van der Waals surface area contributed by atoms with Gasteiger partial charge in [-0.3, -0.25) is 14.7 Å². The Morgan fingerprint density at radius 2 is 2.11 bits per heavy atom. The van der Waals surface area contributed by atoms with Crippen molar-refractivity contribution in [3.8, 4) is 17.2 Å². The van der Waals surface area contributed by atoms with Gasteiger partial charge in [0.05, 0.1) is 18.1 Å². The van der Waals surface area contributed by atoms with Crippen LogP contribution < -0.4 is 0 Å². The van der Waals surface area contributed by atoms with Gasteiger partial charge in [-0.05, 0) is 34.9 Å². The maximum Gasteiger partial charge on any atom is 0.254 e. The molecule has 0 spiro atoms. The number of fused-ring (bicyclic) bond motifs is 2. The summed E-state index contributed by atoms with van der Waals surface area (Å²) in [6, 6.07) is 13.4. The Morgan fingerprint density at radius 1 is 1.33 bits per heavy atom. The highest BCUT2D eigenvalue weighted by Gasteiger charge is 2.29. The van der Waals surface area contributed by atoms with E-state index < -0.39 is 0 Å². The maximum atomic E-state index is 12.7. The zero-order chi connectivity index (χ0) is 19.1. The Bertz CT molecular complexity index is 1170. The van der Waals surface area contributed by atoms with E-state index in [1.807, 2.05) is 36.4 Å². The minimum absolute atomic E-state index is 0.0999. The molecule has 0 fully saturated rings. The number of aromatic amines is 1. The third-order valence-corrected chi connectivity index (χ3v) is 4.79. The molecule has 0 saturated heterocycles. The number of hydrogen-bond acceptors (Lipinski definition) is 4. The number of nitrogens with zero attached hydrogens (tertiary/aromatic N) is 3. The molecule has 1 aliphatic heterocycles. The fraction of sp³-hybridized carbons (Fsp3) is 0.143. The zero-order valence-corrected chi connectivity index (χ0v) is 14.7. The van der Waals surface area contributed by atoms with Crippen molar-refractivity contribution >= 4 is 22.6 Å². The topological polar surface area (TPSA) is 89.8 Å². The van der Waals surface area contributed by atoms with Gasteiger partial charge >= 0.3 is 0 Å². The van der Waals surface area contributed by atoms with Crippen molar-refractivity contribution in [2.45, 2.75) is 13.5 Å². The standard InChI is InChI=1S/C21H16N4O2/c1-12(9-22)10-25-11-18-15(4-3-5-16(18)21(25)27)14-6-7-19-17(8-14)20(13(2)26)24-23-19/h3-8H,1,10-11H2,2H3,(H,23,24). The van der Waals surface area contributed by atoms with Crippen LogP contribution in [-0.2, 0) is 6.54 Å². The first-order valence-electron chi connectivity index (χ1n) is 8.48. The molecule has 4 rings (SSSR count). The molecule has 2 aromatic carbocycles. The van der Waals surface area contributed by atoms with Crippen molar-refractivity contribution < 1.29 is 9.59 Å². The molecule has 6 nitrogen and oxygen atoms in total. The van der Waals surface area contributed by atoms with Crippen molar-refractivity contribution in [1.29, 1.82) is 5.26 Å². The second-order valence-electron chi connectivity index (χ2n) is 6.60. The first-order chi connectivity index (χ1) is 13.0. The van der Waals surface area contributed by atoms with E-state index in [-0.39, 0.29) is 18.2 Å². The monoisotopic (exact) mass is 356 g/mol. The quantitative estimate of drug-likeness (QED) is 0.572. The predicted molar refractivity (Wildman–Crippen MR) is 101 cm³/mol. The highest BCUT2D eigenvalue weighted by Crippen LogP contribution is 2.34. The fourth-order valence-corrected chi connectivity index (χ4v) is 3.50. The number of carbonyl (C=O) groups excluding carboxylic acids is 2. The minimum atomic E-state index is -0.104. The number of nitriles is 1. The second-order valence-corrected chi connectivity index (χ2v) is 6.60. The number of aromatic nitrogens is 2. The Morgan fingerprint density at radius 3 is 2.85 bits per heavy atom. The van der Waals surface area contributed by atoms with Crippen molar-refractivity contribution in [3.05, 3.63) is 65.4 Å². The van der Waals surface area contributed by atoms with Crippen molar-refractivity contribution in [1.82, 2.24) is 15.1 Å². The van der Waals surface area contributed by atoms with E-state index in [0.717, 1.165) is 27.6 Å². The number of benzene rings is 2. The third kappa shape index (κ3) is 2.70. The molecule has 0 atom stereocenters. The van der Waals surface area contributed by atoms with Crippen LogP contribution in [0.2, 0.25) is 0 Å². The number of carbonyl (C=O) groups is 2. The molecular formula is C21H16N4O2. The molecule has 0 aliphatic carbocycles. The Kier molecular flexibility index (Phi) is 3.85. The summed E-state index contributed by atoms with van der Waals surface area (Å²) in [5.74, 6) is -0.204. The molecular weight excluding hydrogens is 340 g/mol. The van der Waals surface area contributed by atoms with Gasteiger partial charge in [-0.25, -0.2) is 0 Å². The van der Waals surface area contributed by atoms with Crippen molar-refractivity contribution in [2.24, 2.45) is 0 Å². The van der Waals surface area contributed by atoms with Crippen LogP contribution in [0.5, 0.6) is 0 Å². The maximum absolute atomic E-state index is 12.7. The average molecular weight is 356 g/mol. The largest absolute Gasteiger partial charge is 0.329 e. The lowest BCUT2D eigenvalue weighted by molar-refractivity contribution is 0.0793. The molecule has 0 saturated carbocycles. The number of rotatable bonds is 4. The van der Waals surface area contributed by atoms with Crippen LogP contribution in [0.25, 0.3) is 22.0 Å². The number of amides is 1. The third-order valence-electron chi connectivity index (χ3n) is 4.79. The summed E-state index contributed by atoms with van der Waals surface area (Å²) in [5.41, 5.74) is 4.95. The summed E-state index contributed by atoms with van der Waals surface area (Å²) in [7, 11) is 0. The Balaban J connectivity index is 1.80. The summed E-state index contributed by atoms with van der Waals surface area (Å²) < 4.78 is 0. The highest BCUT2D eigenvalue weighted by atomic mass is 16.2. The Labute approximate surface area is 155 Å². The van der Waals surface area contributed by atoms with Gasteiger partial charge in [0.2, 0.25) is 0 Å². The SMILES string of the molecule is C=C(C#N)CN1Cc2c(cccc2-c2ccc3[nH]nc(C(C)=O)c3c2)C1=O. The first-order valence-corrected chi connectivity index (χ1v) is 8.48. The zero-order valence-electron chi connectivity index (χ0n) is 14.7. The van der Waals surface area contributed by atoms with Crippen LogP contribution in [0.15, 0.2) is 48.6 Å². The molecule has 0 radical (unpaired) electrons. The Hall–Kier alpha value is -3.72. The normalized spacial score (nSPS) is 12.9. The molecule has 1 amide bonds. The molecule has 6 heteroatoms. The fourth-order valence-electron chi connectivity index (χ4n) is 3.50. The van der Waals surface area contributed by atoms with Crippen LogP contribution in [-0.4, -0.2) is 33.3 Å². The highest BCUT2D eigenvalue weighted by molar-refractivity contribution is 6.06. The minimum Gasteiger partial charge on any atom is -0.329 e. The van der Waals surface area contributed by atoms with Crippen LogP contribution in [0.4, 0.5) is 0 Å². The number of Topliss-reactive ketones (excluding diaryl/α,β-unsaturated/α-hetero) is 1. The number of ketones is 1. The molecule has 1 aromatic heterocycles. The summed E-state index contributed by atoms with van der Waals surface area (Å²) >= 11 is 0. The van der Waals surface area contributed by atoms with Gasteiger partial charge in [0.1, 0.15) is 5.69 Å². The van der Waals surface area contributed by atoms with Gasteiger partial charge in [0.15, 0.2) is 5.78 Å². The lowest BCUT2D eigenvalue weighted by atomic mass is 9.95. The molecule has 132 valence electrons. The summed E-state index contributed by atoms with van der Waals surface area (Å²) in [4.78, 5) is 26.1. The van der Waals surface area contributed by atoms with Gasteiger partial charge in [0.25, 0.3) is 5.91 Å². The van der Waals surface area contributed by atoms with E-state index in [9.17, 15) is 9.59 Å². The van der Waals surface area contributed by atoms with Crippen LogP contribution in [0.1, 0.15) is 33.3 Å². The number of H-pyrrole nitrogens is 1. The van der Waals surface area contributed by atoms with Gasteiger partial charge in [0, 0.05) is 30.0 Å². The number of hydrogen-bond donors (Lipinski definition) is 1. The van der Waals surface area contributed by atoms with Gasteiger partial charge in [-0.1, -0.05) is 24.8 Å². The van der Waals surface area contributed by atoms with E-state index in [2.05, 4.69) is 16.8 Å². The summed E-state index contributed by atoms with van der Waals surface area (Å²) in [6.45, 7) is 5.80. The van der Waals surface area contributed by atoms with Crippen molar-refractivity contribution in [2.75, 3.05) is 6.54 Å². The number of nitrogens with one attached hydrogen (secondary N) is 1. The van der Waals surface area contributed by atoms with E-state index in [1.54, 1.807) is 11.0 Å². The second kappa shape index (κ2) is 6.22. The molecule has 1 N–H and O–H groups in total. The first kappa shape index (κ1) is 16.7. The van der Waals surface area contributed by atoms with Gasteiger partial charge in [-0.15, -0.1) is 0 Å². The predicted octanol–water partition coefficient (Wildman–Crippen LogP) is 3.47. The van der Waals surface area contributed by atoms with Gasteiger partial charge in [-0.2, -0.15) is 10.4 Å². The molecule has 0 bridgehead atoms. The van der Waals surface area contributed by atoms with Crippen molar-refractivity contribution in [3.63, 3.8) is 0 Å². The van der Waals surface area contributed by atoms with Crippen LogP contribution in [0, 0.1) is 11.3 Å². The molecule has 1 aliphatic rings. The molecule has 2 heterocycles. The van der Waals surface area contributed by atoms with E-state index in [1.165, 1.54) is 6.92 Å². The molecule has 0 unspecified atom stereocenters. The summed E-state index contributed by atoms with van der Waals surface area (Å²) in [6.07, 6.45) is 0. The lowest BCUT2D eigenvalue weighted by Crippen LogP contribution is -2.25. The van der Waals surface area contributed by atoms with Crippen LogP contribution in [0.3, 0.4) is 0 Å². The van der Waals surface area contributed by atoms with E-state index >= 15 is 0 Å². The van der Waals surface area contributed by atoms with E-state index in [0.29, 0.717) is 23.4 Å². The van der Waals surface area contributed by atoms with Gasteiger partial charge < -0.3 is 4.90 Å². The average Bonchev–Trinajstić information content (AvgIpc) is 3.23.